The van der Waals surface area contributed by atoms with Gasteiger partial charge in [0.1, 0.15) is 0 Å². The number of aromatic nitrogens is 3. The van der Waals surface area contributed by atoms with E-state index in [1.165, 1.54) is 0 Å². The van der Waals surface area contributed by atoms with Crippen LogP contribution in [0.15, 0.2) is 55.1 Å². The Labute approximate surface area is 152 Å². The van der Waals surface area contributed by atoms with Crippen LogP contribution >= 0.6 is 0 Å². The molecule has 4 N–H and O–H groups in total. The Bertz CT molecular complexity index is 859. The highest BCUT2D eigenvalue weighted by molar-refractivity contribution is 5.99. The Morgan fingerprint density at radius 2 is 1.92 bits per heavy atom. The van der Waals surface area contributed by atoms with E-state index in [0.29, 0.717) is 18.0 Å². The van der Waals surface area contributed by atoms with E-state index < -0.39 is 6.04 Å². The van der Waals surface area contributed by atoms with E-state index in [0.717, 1.165) is 22.3 Å². The van der Waals surface area contributed by atoms with E-state index >= 15 is 0 Å². The minimum atomic E-state index is -0.535. The van der Waals surface area contributed by atoms with Crippen molar-refractivity contribution in [2.75, 3.05) is 5.32 Å². The van der Waals surface area contributed by atoms with Crippen LogP contribution < -0.4 is 11.1 Å². The van der Waals surface area contributed by atoms with Crippen molar-refractivity contribution in [3.8, 4) is 22.3 Å². The predicted molar refractivity (Wildman–Crippen MR) is 103 cm³/mol. The van der Waals surface area contributed by atoms with Gasteiger partial charge in [0.2, 0.25) is 5.91 Å². The van der Waals surface area contributed by atoms with Gasteiger partial charge < -0.3 is 11.1 Å². The molecule has 3 rings (SSSR count). The lowest BCUT2D eigenvalue weighted by Gasteiger charge is -2.17. The van der Waals surface area contributed by atoms with Gasteiger partial charge in [-0.1, -0.05) is 19.9 Å². The highest BCUT2D eigenvalue weighted by Gasteiger charge is 2.17. The zero-order chi connectivity index (χ0) is 18.5. The third-order valence-electron chi connectivity index (χ3n) is 4.16. The molecule has 2 heterocycles. The number of H-pyrrole nitrogens is 1. The number of nitrogens with two attached hydrogens (primary N) is 1. The second-order valence-electron chi connectivity index (χ2n) is 6.71. The highest BCUT2D eigenvalue weighted by Crippen LogP contribution is 2.32. The number of nitrogens with one attached hydrogen (secondary N) is 2. The van der Waals surface area contributed by atoms with Crippen LogP contribution in [0.3, 0.4) is 0 Å². The molecule has 0 saturated heterocycles. The predicted octanol–water partition coefficient (Wildman–Crippen LogP) is 3.45. The van der Waals surface area contributed by atoms with Crippen LogP contribution in [0.1, 0.15) is 20.3 Å². The number of rotatable bonds is 6. The van der Waals surface area contributed by atoms with Gasteiger partial charge in [0, 0.05) is 35.4 Å². The highest BCUT2D eigenvalue weighted by atomic mass is 16.2. The topological polar surface area (TPSA) is 96.7 Å². The van der Waals surface area contributed by atoms with Crippen LogP contribution in [0.4, 0.5) is 5.69 Å². The Balaban J connectivity index is 1.94. The summed E-state index contributed by atoms with van der Waals surface area (Å²) in [4.78, 5) is 16.5. The van der Waals surface area contributed by atoms with Crippen molar-refractivity contribution < 1.29 is 4.79 Å². The van der Waals surface area contributed by atoms with E-state index in [9.17, 15) is 4.79 Å². The van der Waals surface area contributed by atoms with Crippen molar-refractivity contribution in [3.05, 3.63) is 55.1 Å². The van der Waals surface area contributed by atoms with Crippen LogP contribution in [-0.2, 0) is 4.79 Å². The van der Waals surface area contributed by atoms with Crippen LogP contribution in [0.2, 0.25) is 0 Å². The Morgan fingerprint density at radius 1 is 1.15 bits per heavy atom. The fourth-order valence-electron chi connectivity index (χ4n) is 2.85. The first-order chi connectivity index (χ1) is 12.5. The van der Waals surface area contributed by atoms with E-state index in [4.69, 9.17) is 5.73 Å². The molecular formula is C20H23N5O. The van der Waals surface area contributed by atoms with E-state index in [-0.39, 0.29) is 5.91 Å². The number of pyridine rings is 1. The second kappa shape index (κ2) is 7.93. The van der Waals surface area contributed by atoms with Gasteiger partial charge >= 0.3 is 0 Å². The summed E-state index contributed by atoms with van der Waals surface area (Å²) in [5, 5.41) is 9.81. The molecule has 0 saturated carbocycles. The summed E-state index contributed by atoms with van der Waals surface area (Å²) in [6.07, 6.45) is 7.69. The smallest absolute Gasteiger partial charge is 0.241 e. The van der Waals surface area contributed by atoms with Gasteiger partial charge in [-0.05, 0) is 47.7 Å². The Kier molecular flexibility index (Phi) is 5.43. The maximum atomic E-state index is 12.5. The molecule has 0 radical (unpaired) electrons. The number of benzene rings is 1. The molecule has 1 amide bonds. The van der Waals surface area contributed by atoms with Crippen LogP contribution in [0.25, 0.3) is 22.3 Å². The number of carbonyl (C=O) groups excluding carboxylic acids is 1. The van der Waals surface area contributed by atoms with Crippen molar-refractivity contribution in [1.82, 2.24) is 15.2 Å². The third kappa shape index (κ3) is 4.15. The summed E-state index contributed by atoms with van der Waals surface area (Å²) < 4.78 is 0. The zero-order valence-electron chi connectivity index (χ0n) is 14.9. The molecule has 1 aromatic carbocycles. The quantitative estimate of drug-likeness (QED) is 0.635. The molecule has 1 unspecified atom stereocenters. The Morgan fingerprint density at radius 3 is 2.58 bits per heavy atom. The lowest BCUT2D eigenvalue weighted by molar-refractivity contribution is -0.117. The van der Waals surface area contributed by atoms with Gasteiger partial charge in [-0.3, -0.25) is 14.9 Å². The van der Waals surface area contributed by atoms with Crippen LogP contribution in [0.5, 0.6) is 0 Å². The van der Waals surface area contributed by atoms with Crippen molar-refractivity contribution in [2.24, 2.45) is 11.7 Å². The van der Waals surface area contributed by atoms with Gasteiger partial charge in [-0.2, -0.15) is 5.10 Å². The average Bonchev–Trinajstić information content (AvgIpc) is 3.16. The normalized spacial score (nSPS) is 12.2. The molecule has 0 fully saturated rings. The molecule has 6 heteroatoms. The lowest BCUT2D eigenvalue weighted by Crippen LogP contribution is -2.36. The fraction of sp³-hybridized carbons (Fsp3) is 0.250. The minimum Gasteiger partial charge on any atom is -0.324 e. The maximum absolute atomic E-state index is 12.5. The van der Waals surface area contributed by atoms with Gasteiger partial charge in [0.15, 0.2) is 0 Å². The summed E-state index contributed by atoms with van der Waals surface area (Å²) in [6, 6.07) is 9.27. The van der Waals surface area contributed by atoms with Gasteiger partial charge in [0.05, 0.1) is 12.2 Å². The molecule has 134 valence electrons. The number of aromatic amines is 1. The molecule has 2 aromatic heterocycles. The van der Waals surface area contributed by atoms with Crippen LogP contribution in [-0.4, -0.2) is 27.1 Å². The Hall–Kier alpha value is -2.99. The maximum Gasteiger partial charge on any atom is 0.241 e. The molecule has 26 heavy (non-hydrogen) atoms. The van der Waals surface area contributed by atoms with Crippen molar-refractivity contribution in [1.29, 1.82) is 0 Å². The first kappa shape index (κ1) is 17.8. The summed E-state index contributed by atoms with van der Waals surface area (Å²) in [5.74, 6) is 0.179. The number of anilines is 1. The number of hydrogen-bond acceptors (Lipinski definition) is 4. The van der Waals surface area contributed by atoms with Gasteiger partial charge in [0.25, 0.3) is 0 Å². The van der Waals surface area contributed by atoms with Gasteiger partial charge in [-0.25, -0.2) is 0 Å². The SMILES string of the molecule is CC(C)CC(N)C(=O)Nc1ccc(-c2ccncc2)cc1-c1cn[nH]c1. The minimum absolute atomic E-state index is 0.180. The monoisotopic (exact) mass is 349 g/mol. The molecule has 0 aliphatic carbocycles. The summed E-state index contributed by atoms with van der Waals surface area (Å²) >= 11 is 0. The molecule has 0 bridgehead atoms. The van der Waals surface area contributed by atoms with E-state index in [2.05, 4.69) is 20.5 Å². The number of carbonyl (C=O) groups is 1. The van der Waals surface area contributed by atoms with Gasteiger partial charge in [-0.15, -0.1) is 0 Å². The first-order valence-electron chi connectivity index (χ1n) is 8.64. The van der Waals surface area contributed by atoms with E-state index in [1.54, 1.807) is 24.8 Å². The first-order valence-corrected chi connectivity index (χ1v) is 8.64. The number of hydrogen-bond donors (Lipinski definition) is 3. The van der Waals surface area contributed by atoms with E-state index in [1.807, 2.05) is 44.2 Å². The second-order valence-corrected chi connectivity index (χ2v) is 6.71. The van der Waals surface area contributed by atoms with Crippen LogP contribution in [0, 0.1) is 5.92 Å². The molecule has 0 aliphatic heterocycles. The largest absolute Gasteiger partial charge is 0.324 e. The fourth-order valence-corrected chi connectivity index (χ4v) is 2.85. The molecule has 1 atom stereocenters. The third-order valence-corrected chi connectivity index (χ3v) is 4.16. The number of amides is 1. The molecule has 0 aliphatic rings. The lowest BCUT2D eigenvalue weighted by atomic mass is 9.99. The molecule has 6 nitrogen and oxygen atoms in total. The molecule has 3 aromatic rings. The average molecular weight is 349 g/mol. The summed E-state index contributed by atoms with van der Waals surface area (Å²) in [6.45, 7) is 4.10. The standard InChI is InChI=1S/C20H23N5O/c1-13(2)9-18(21)20(26)25-19-4-3-15(14-5-7-22-8-6-14)10-17(19)16-11-23-24-12-16/h3-8,10-13,18H,9,21H2,1-2H3,(H,23,24)(H,25,26). The summed E-state index contributed by atoms with van der Waals surface area (Å²) in [7, 11) is 0. The van der Waals surface area contributed by atoms with Crippen molar-refractivity contribution in [3.63, 3.8) is 0 Å². The molecule has 0 spiro atoms. The molecular weight excluding hydrogens is 326 g/mol. The van der Waals surface area contributed by atoms with Crippen molar-refractivity contribution >= 4 is 11.6 Å². The van der Waals surface area contributed by atoms with Crippen molar-refractivity contribution in [2.45, 2.75) is 26.3 Å². The zero-order valence-corrected chi connectivity index (χ0v) is 14.9. The summed E-state index contributed by atoms with van der Waals surface area (Å²) in [5.41, 5.74) is 10.6. The number of nitrogens with zero attached hydrogens (tertiary/aromatic N) is 2.